The van der Waals surface area contributed by atoms with Crippen molar-refractivity contribution < 1.29 is 4.79 Å². The van der Waals surface area contributed by atoms with Crippen LogP contribution in [0.25, 0.3) is 0 Å². The maximum absolute atomic E-state index is 11.9. The van der Waals surface area contributed by atoms with Gasteiger partial charge in [0.1, 0.15) is 0 Å². The van der Waals surface area contributed by atoms with Crippen molar-refractivity contribution in [1.29, 1.82) is 0 Å². The van der Waals surface area contributed by atoms with Gasteiger partial charge in [-0.15, -0.1) is 11.3 Å². The van der Waals surface area contributed by atoms with E-state index in [0.29, 0.717) is 25.1 Å². The van der Waals surface area contributed by atoms with Crippen LogP contribution in [-0.2, 0) is 17.8 Å². The standard InChI is InChI=1S/C14H18N4O2S/c1-8-12(9(2)17-14(20)16-8)4-5-13(19)15-6-11-7-21-10(3)18-11/h7H,4-6H2,1-3H3,(H,15,19)(H,16,17,20). The fraction of sp³-hybridized carbons (Fsp3) is 0.429. The number of H-pyrrole nitrogens is 1. The molecule has 21 heavy (non-hydrogen) atoms. The van der Waals surface area contributed by atoms with Crippen LogP contribution in [-0.4, -0.2) is 20.9 Å². The number of amides is 1. The molecule has 2 rings (SSSR count). The quantitative estimate of drug-likeness (QED) is 0.874. The van der Waals surface area contributed by atoms with Gasteiger partial charge in [0.15, 0.2) is 0 Å². The number of carbonyl (C=O) groups excluding carboxylic acids is 1. The molecule has 2 aromatic heterocycles. The molecule has 0 spiro atoms. The predicted octanol–water partition coefficient (Wildman–Crippen LogP) is 1.40. The second kappa shape index (κ2) is 6.62. The van der Waals surface area contributed by atoms with Gasteiger partial charge < -0.3 is 10.3 Å². The number of aromatic nitrogens is 3. The Kier molecular flexibility index (Phi) is 4.85. The lowest BCUT2D eigenvalue weighted by Crippen LogP contribution is -2.24. The first kappa shape index (κ1) is 15.4. The average Bonchev–Trinajstić information content (AvgIpc) is 2.81. The van der Waals surface area contributed by atoms with E-state index in [2.05, 4.69) is 20.3 Å². The molecule has 2 aromatic rings. The van der Waals surface area contributed by atoms with Crippen LogP contribution in [0, 0.1) is 20.8 Å². The lowest BCUT2D eigenvalue weighted by Gasteiger charge is -2.08. The molecule has 0 bridgehead atoms. The Labute approximate surface area is 126 Å². The van der Waals surface area contributed by atoms with Crippen molar-refractivity contribution in [1.82, 2.24) is 20.3 Å². The summed E-state index contributed by atoms with van der Waals surface area (Å²) in [6.07, 6.45) is 0.919. The topological polar surface area (TPSA) is 87.7 Å². The average molecular weight is 306 g/mol. The smallest absolute Gasteiger partial charge is 0.345 e. The summed E-state index contributed by atoms with van der Waals surface area (Å²) in [6.45, 7) is 5.99. The van der Waals surface area contributed by atoms with E-state index in [-0.39, 0.29) is 11.6 Å². The first-order valence-electron chi connectivity index (χ1n) is 6.70. The van der Waals surface area contributed by atoms with Gasteiger partial charge in [0, 0.05) is 23.2 Å². The third kappa shape index (κ3) is 4.22. The van der Waals surface area contributed by atoms with Crippen LogP contribution in [0.2, 0.25) is 0 Å². The van der Waals surface area contributed by atoms with Gasteiger partial charge in [-0.05, 0) is 32.8 Å². The van der Waals surface area contributed by atoms with E-state index in [4.69, 9.17) is 0 Å². The highest BCUT2D eigenvalue weighted by atomic mass is 32.1. The largest absolute Gasteiger partial charge is 0.350 e. The molecule has 0 aliphatic rings. The van der Waals surface area contributed by atoms with Gasteiger partial charge in [-0.2, -0.15) is 4.98 Å². The fourth-order valence-corrected chi connectivity index (χ4v) is 2.74. The fourth-order valence-electron chi connectivity index (χ4n) is 2.13. The van der Waals surface area contributed by atoms with E-state index >= 15 is 0 Å². The molecule has 0 unspecified atom stereocenters. The van der Waals surface area contributed by atoms with Crippen LogP contribution in [0.4, 0.5) is 0 Å². The van der Waals surface area contributed by atoms with E-state index in [1.54, 1.807) is 18.3 Å². The first-order chi connectivity index (χ1) is 9.95. The normalized spacial score (nSPS) is 10.6. The van der Waals surface area contributed by atoms with Gasteiger partial charge >= 0.3 is 5.69 Å². The maximum Gasteiger partial charge on any atom is 0.345 e. The molecule has 112 valence electrons. The molecule has 1 amide bonds. The van der Waals surface area contributed by atoms with Crippen molar-refractivity contribution in [2.45, 2.75) is 40.2 Å². The lowest BCUT2D eigenvalue weighted by molar-refractivity contribution is -0.121. The number of aromatic amines is 1. The molecule has 2 heterocycles. The SMILES string of the molecule is Cc1nc(CNC(=O)CCc2c(C)nc(=O)[nH]c2C)cs1. The van der Waals surface area contributed by atoms with E-state index < -0.39 is 0 Å². The Morgan fingerprint density at radius 1 is 1.33 bits per heavy atom. The van der Waals surface area contributed by atoms with E-state index in [9.17, 15) is 9.59 Å². The first-order valence-corrected chi connectivity index (χ1v) is 7.58. The van der Waals surface area contributed by atoms with E-state index in [1.807, 2.05) is 19.2 Å². The molecule has 0 radical (unpaired) electrons. The van der Waals surface area contributed by atoms with Crippen LogP contribution in [0.15, 0.2) is 10.2 Å². The summed E-state index contributed by atoms with van der Waals surface area (Å²) < 4.78 is 0. The Balaban J connectivity index is 1.88. The van der Waals surface area contributed by atoms with Crippen molar-refractivity contribution in [2.75, 3.05) is 0 Å². The molecule has 0 atom stereocenters. The van der Waals surface area contributed by atoms with Crippen molar-refractivity contribution in [2.24, 2.45) is 0 Å². The number of hydrogen-bond donors (Lipinski definition) is 2. The van der Waals surface area contributed by atoms with Gasteiger partial charge in [0.05, 0.1) is 17.2 Å². The van der Waals surface area contributed by atoms with Gasteiger partial charge in [-0.1, -0.05) is 0 Å². The lowest BCUT2D eigenvalue weighted by atomic mass is 10.1. The van der Waals surface area contributed by atoms with Crippen LogP contribution >= 0.6 is 11.3 Å². The van der Waals surface area contributed by atoms with E-state index in [1.165, 1.54) is 0 Å². The Bertz CT molecular complexity index is 679. The van der Waals surface area contributed by atoms with Gasteiger partial charge in [0.2, 0.25) is 5.91 Å². The molecule has 0 aliphatic carbocycles. The molecule has 0 saturated carbocycles. The minimum atomic E-state index is -0.350. The summed E-state index contributed by atoms with van der Waals surface area (Å²) in [4.78, 5) is 33.9. The van der Waals surface area contributed by atoms with Gasteiger partial charge in [-0.25, -0.2) is 9.78 Å². The molecular formula is C14H18N4O2S. The second-order valence-corrected chi connectivity index (χ2v) is 5.93. The number of carbonyl (C=O) groups is 1. The summed E-state index contributed by atoms with van der Waals surface area (Å²) in [5, 5.41) is 5.78. The van der Waals surface area contributed by atoms with Crippen molar-refractivity contribution in [3.8, 4) is 0 Å². The van der Waals surface area contributed by atoms with Crippen molar-refractivity contribution in [3.05, 3.63) is 43.5 Å². The van der Waals surface area contributed by atoms with Gasteiger partial charge in [-0.3, -0.25) is 4.79 Å². The minimum Gasteiger partial charge on any atom is -0.350 e. The zero-order valence-electron chi connectivity index (χ0n) is 12.3. The maximum atomic E-state index is 11.9. The third-order valence-corrected chi connectivity index (χ3v) is 4.01. The van der Waals surface area contributed by atoms with Crippen LogP contribution in [0.3, 0.4) is 0 Å². The highest BCUT2D eigenvalue weighted by molar-refractivity contribution is 7.09. The Morgan fingerprint density at radius 2 is 2.10 bits per heavy atom. The van der Waals surface area contributed by atoms with Crippen molar-refractivity contribution in [3.63, 3.8) is 0 Å². The molecule has 7 heteroatoms. The van der Waals surface area contributed by atoms with Crippen molar-refractivity contribution >= 4 is 17.2 Å². The van der Waals surface area contributed by atoms with Crippen LogP contribution in [0.5, 0.6) is 0 Å². The third-order valence-electron chi connectivity index (χ3n) is 3.19. The van der Waals surface area contributed by atoms with Crippen LogP contribution < -0.4 is 11.0 Å². The molecule has 0 aliphatic heterocycles. The number of rotatable bonds is 5. The Morgan fingerprint density at radius 3 is 2.71 bits per heavy atom. The zero-order valence-corrected chi connectivity index (χ0v) is 13.1. The molecule has 6 nitrogen and oxygen atoms in total. The van der Waals surface area contributed by atoms with Crippen LogP contribution in [0.1, 0.15) is 34.1 Å². The number of hydrogen-bond acceptors (Lipinski definition) is 5. The molecule has 0 aromatic carbocycles. The highest BCUT2D eigenvalue weighted by Crippen LogP contribution is 2.10. The number of nitrogens with one attached hydrogen (secondary N) is 2. The monoisotopic (exact) mass is 306 g/mol. The van der Waals surface area contributed by atoms with E-state index in [0.717, 1.165) is 22.0 Å². The molecule has 2 N–H and O–H groups in total. The number of aryl methyl sites for hydroxylation is 3. The summed E-state index contributed by atoms with van der Waals surface area (Å²) in [7, 11) is 0. The molecule has 0 saturated heterocycles. The number of nitrogens with zero attached hydrogens (tertiary/aromatic N) is 2. The summed E-state index contributed by atoms with van der Waals surface area (Å²) in [5.41, 5.74) is 2.91. The Hall–Kier alpha value is -2.02. The predicted molar refractivity (Wildman–Crippen MR) is 81.4 cm³/mol. The molecule has 0 fully saturated rings. The summed E-state index contributed by atoms with van der Waals surface area (Å²) >= 11 is 1.57. The highest BCUT2D eigenvalue weighted by Gasteiger charge is 2.09. The van der Waals surface area contributed by atoms with Gasteiger partial charge in [0.25, 0.3) is 0 Å². The zero-order chi connectivity index (χ0) is 15.4. The number of thiazole rings is 1. The summed E-state index contributed by atoms with van der Waals surface area (Å²) in [6, 6.07) is 0. The summed E-state index contributed by atoms with van der Waals surface area (Å²) in [5.74, 6) is -0.0364. The second-order valence-electron chi connectivity index (χ2n) is 4.87. The molecular weight excluding hydrogens is 288 g/mol. The minimum absolute atomic E-state index is 0.0364.